The van der Waals surface area contributed by atoms with Crippen LogP contribution in [0.1, 0.15) is 41.5 Å². The average molecular weight is 1450 g/mol. The van der Waals surface area contributed by atoms with Crippen molar-refractivity contribution in [3.05, 3.63) is 0 Å². The number of carbonyl (C=O) groups excluding carboxylic acids is 4. The zero-order chi connectivity index (χ0) is 73.1. The molecule has 572 valence electrons. The number of ether oxygens (including phenoxy) is 15. The van der Waals surface area contributed by atoms with Gasteiger partial charge in [-0.05, 0) is 13.8 Å². The maximum absolute atomic E-state index is 13.4. The molecule has 0 aliphatic carbocycles. The summed E-state index contributed by atoms with van der Waals surface area (Å²) in [7, 11) is 0. The fraction of sp³-hybridized carbons (Fsp3) is 0.929. The first-order valence-corrected chi connectivity index (χ1v) is 31.8. The number of aliphatic hydroxyl groups is 20. The number of aliphatic hydroxyl groups excluding tert-OH is 20. The van der Waals surface area contributed by atoms with Crippen LogP contribution in [0, 0.1) is 0 Å². The molecule has 0 aromatic rings. The Morgan fingerprint density at radius 2 is 0.646 bits per heavy atom. The minimum Gasteiger partial charge on any atom is -0.394 e. The van der Waals surface area contributed by atoms with Gasteiger partial charge in [0.1, 0.15) is 183 Å². The number of hydrogen-bond donors (Lipinski definition) is 24. The number of nitrogens with one attached hydrogen (secondary N) is 4. The molecule has 99 heavy (non-hydrogen) atoms. The van der Waals surface area contributed by atoms with Crippen molar-refractivity contribution in [2.45, 2.75) is 287 Å². The highest BCUT2D eigenvalue weighted by Gasteiger charge is 2.60. The summed E-state index contributed by atoms with van der Waals surface area (Å²) in [5, 5.41) is 231. The molecule has 0 spiro atoms. The van der Waals surface area contributed by atoms with Crippen molar-refractivity contribution in [3.63, 3.8) is 0 Å². The SMILES string of the molecule is CC(=O)N[C@@H]1[C@H](O[C@H]2[C@@H](O)[C@@H](CO)O[C@@H](O[C@H]3[C@H](O)[C@@H](NC(C)=O)[C@H](OC[C@H]4O[C@H](O)[C@H](NC(C)=O)[C@@H](O[C@@H]5O[C@H](CO)[C@@H](O)[C@H](O)[C@H]5NC(C)=O)[C@H]4O)O[C@@H]3CO)[C@@H]2O)O[C@H](CO)[C@@H](O[C@@H]2O[C@@H](C)[C@@H](O)[C@@H](O)[C@@H]2O)[C@@H]1O[C@@H]1O[C@H](CO)[C@H](O)[C@H](O)[C@H]1O[C@@H]1O[C@@H](C)[C@@H](O)[C@@H](O)[C@@H]1O. The fourth-order valence-electron chi connectivity index (χ4n) is 12.9. The lowest BCUT2D eigenvalue weighted by molar-refractivity contribution is -0.400. The molecular formula is C56H94N4O39. The topological polar surface area (TPSA) is 659 Å². The number of carbonyl (C=O) groups is 4. The van der Waals surface area contributed by atoms with Gasteiger partial charge in [-0.3, -0.25) is 19.2 Å². The lowest BCUT2D eigenvalue weighted by Gasteiger charge is -2.52. The van der Waals surface area contributed by atoms with Crippen LogP contribution < -0.4 is 21.3 Å². The molecular weight excluding hydrogens is 1350 g/mol. The van der Waals surface area contributed by atoms with Gasteiger partial charge in [0.05, 0.1) is 51.8 Å². The van der Waals surface area contributed by atoms with Crippen molar-refractivity contribution >= 4 is 23.6 Å². The normalized spacial score (nSPS) is 49.1. The quantitative estimate of drug-likeness (QED) is 0.0427. The summed E-state index contributed by atoms with van der Waals surface area (Å²) in [5.74, 6) is -3.38. The van der Waals surface area contributed by atoms with Crippen LogP contribution in [-0.2, 0) is 90.2 Å². The summed E-state index contributed by atoms with van der Waals surface area (Å²) in [6.45, 7) is 0.401. The minimum absolute atomic E-state index is 0.758. The molecule has 8 heterocycles. The highest BCUT2D eigenvalue weighted by atomic mass is 16.8. The van der Waals surface area contributed by atoms with Crippen LogP contribution in [0.3, 0.4) is 0 Å². The first-order valence-electron chi connectivity index (χ1n) is 31.8. The molecule has 0 aromatic carbocycles. The molecule has 0 radical (unpaired) electrons. The predicted octanol–water partition coefficient (Wildman–Crippen LogP) is -15.8. The Kier molecular flexibility index (Phi) is 28.7. The van der Waals surface area contributed by atoms with Gasteiger partial charge >= 0.3 is 0 Å². The monoisotopic (exact) mass is 1450 g/mol. The fourth-order valence-corrected chi connectivity index (χ4v) is 12.9. The number of amides is 4. The van der Waals surface area contributed by atoms with Gasteiger partial charge in [0.2, 0.25) is 23.6 Å². The molecule has 0 bridgehead atoms. The van der Waals surface area contributed by atoms with E-state index in [4.69, 9.17) is 71.1 Å². The Morgan fingerprint density at radius 3 is 1.17 bits per heavy atom. The average Bonchev–Trinajstić information content (AvgIpc) is 0.772. The van der Waals surface area contributed by atoms with Crippen LogP contribution in [0.4, 0.5) is 0 Å². The first kappa shape index (κ1) is 81.2. The van der Waals surface area contributed by atoms with Gasteiger partial charge < -0.3 is 194 Å². The lowest BCUT2D eigenvalue weighted by Crippen LogP contribution is -2.72. The van der Waals surface area contributed by atoms with E-state index in [1.54, 1.807) is 0 Å². The van der Waals surface area contributed by atoms with Gasteiger partial charge in [-0.2, -0.15) is 0 Å². The van der Waals surface area contributed by atoms with E-state index in [-0.39, 0.29) is 0 Å². The van der Waals surface area contributed by atoms with Crippen LogP contribution in [0.5, 0.6) is 0 Å². The van der Waals surface area contributed by atoms with Crippen LogP contribution in [0.25, 0.3) is 0 Å². The molecule has 8 rings (SSSR count). The van der Waals surface area contributed by atoms with Gasteiger partial charge in [0.15, 0.2) is 50.3 Å². The Labute approximate surface area is 562 Å². The van der Waals surface area contributed by atoms with E-state index in [0.717, 1.165) is 27.7 Å². The molecule has 8 aliphatic rings. The van der Waals surface area contributed by atoms with Crippen LogP contribution >= 0.6 is 0 Å². The Balaban J connectivity index is 1.06. The largest absolute Gasteiger partial charge is 0.394 e. The van der Waals surface area contributed by atoms with Crippen molar-refractivity contribution in [1.82, 2.24) is 21.3 Å². The molecule has 24 N–H and O–H groups in total. The van der Waals surface area contributed by atoms with E-state index >= 15 is 0 Å². The van der Waals surface area contributed by atoms with Crippen molar-refractivity contribution in [2.24, 2.45) is 0 Å². The van der Waals surface area contributed by atoms with Crippen molar-refractivity contribution in [2.75, 3.05) is 39.6 Å². The van der Waals surface area contributed by atoms with Crippen LogP contribution in [0.15, 0.2) is 0 Å². The van der Waals surface area contributed by atoms with E-state index < -0.39 is 309 Å². The highest BCUT2D eigenvalue weighted by molar-refractivity contribution is 5.74. The van der Waals surface area contributed by atoms with Crippen LogP contribution in [-0.4, -0.2) is 411 Å². The second-order valence-electron chi connectivity index (χ2n) is 25.3. The van der Waals surface area contributed by atoms with Gasteiger partial charge in [-0.1, -0.05) is 0 Å². The molecule has 8 saturated heterocycles. The van der Waals surface area contributed by atoms with E-state index in [0.29, 0.717) is 0 Å². The summed E-state index contributed by atoms with van der Waals surface area (Å²) < 4.78 is 89.3. The van der Waals surface area contributed by atoms with Crippen molar-refractivity contribution in [1.29, 1.82) is 0 Å². The third kappa shape index (κ3) is 18.1. The van der Waals surface area contributed by atoms with Crippen LogP contribution in [0.2, 0.25) is 0 Å². The van der Waals surface area contributed by atoms with Gasteiger partial charge in [-0.25, -0.2) is 0 Å². The molecule has 4 amide bonds. The maximum Gasteiger partial charge on any atom is 0.217 e. The van der Waals surface area contributed by atoms with E-state index in [9.17, 15) is 121 Å². The van der Waals surface area contributed by atoms with E-state index in [2.05, 4.69) is 21.3 Å². The summed E-state index contributed by atoms with van der Waals surface area (Å²) in [4.78, 5) is 50.9. The molecule has 40 atom stereocenters. The smallest absolute Gasteiger partial charge is 0.217 e. The molecule has 43 nitrogen and oxygen atoms in total. The van der Waals surface area contributed by atoms with E-state index in [1.807, 2.05) is 0 Å². The van der Waals surface area contributed by atoms with Crippen molar-refractivity contribution < 1.29 is 192 Å². The lowest BCUT2D eigenvalue weighted by atomic mass is 9.93. The summed E-state index contributed by atoms with van der Waals surface area (Å²) >= 11 is 0. The zero-order valence-electron chi connectivity index (χ0n) is 54.0. The molecule has 8 fully saturated rings. The second kappa shape index (κ2) is 35.0. The second-order valence-corrected chi connectivity index (χ2v) is 25.3. The molecule has 0 saturated carbocycles. The Hall–Kier alpha value is -3.52. The molecule has 8 aliphatic heterocycles. The van der Waals surface area contributed by atoms with Gasteiger partial charge in [0, 0.05) is 27.7 Å². The summed E-state index contributed by atoms with van der Waals surface area (Å²) in [6, 6.07) is -7.01. The zero-order valence-corrected chi connectivity index (χ0v) is 54.0. The van der Waals surface area contributed by atoms with Gasteiger partial charge in [-0.15, -0.1) is 0 Å². The summed E-state index contributed by atoms with van der Waals surface area (Å²) in [5.41, 5.74) is 0. The first-order chi connectivity index (χ1) is 46.7. The molecule has 43 heteroatoms. The third-order valence-electron chi connectivity index (χ3n) is 18.2. The maximum atomic E-state index is 13.4. The van der Waals surface area contributed by atoms with Crippen molar-refractivity contribution in [3.8, 4) is 0 Å². The molecule has 0 unspecified atom stereocenters. The van der Waals surface area contributed by atoms with Gasteiger partial charge in [0.25, 0.3) is 0 Å². The summed E-state index contributed by atoms with van der Waals surface area (Å²) in [6.07, 6.45) is -69.4. The Bertz CT molecular complexity index is 2600. The Morgan fingerprint density at radius 1 is 0.283 bits per heavy atom. The standard InChI is InChI=1S/C56H94N4O39/c1-13-29(70)37(78)40(81)53(86-13)95-44-23(11-65)93-52(28(60-18(6)69)46(44)97-56-48(39(80)32(73)20(8-62)91-56)99-54-41(82)38(79)30(71)14(2)87-54)98-47-33(74)21(9-63)90-55(42(47)83)94-43-22(10-64)92-50(26(36(43)77)58-16(4)67)85-12-24-34(75)45(27(49(84)88-24)59-17(5)68)96-51-25(57-15(3)66)35(76)31(72)19(7-61)89-51/h13-14,19-56,61-65,70-84H,7-12H2,1-6H3,(H,57,66)(H,58,67)(H,59,68)(H,60,69)/t13-,14-,19+,20+,21+,22+,23+,24+,25+,26+,27+,28-,29+,30+,31+,32-,33-,34-,35+,36+,37+,38+,39-,40-,41-,42+,43+,44+,45+,46+,47-,48+,49-,50+,51-,52-,53-,54-,55-,56-/m0/s1. The predicted molar refractivity (Wildman–Crippen MR) is 308 cm³/mol. The number of rotatable bonds is 24. The highest BCUT2D eigenvalue weighted by Crippen LogP contribution is 2.39. The molecule has 0 aromatic heterocycles. The van der Waals surface area contributed by atoms with E-state index in [1.165, 1.54) is 13.8 Å². The third-order valence-corrected chi connectivity index (χ3v) is 18.2. The number of hydrogen-bond acceptors (Lipinski definition) is 39. The minimum atomic E-state index is -2.37.